The van der Waals surface area contributed by atoms with Gasteiger partial charge in [-0.25, -0.2) is 0 Å². The van der Waals surface area contributed by atoms with Gasteiger partial charge in [0.15, 0.2) is 5.82 Å². The summed E-state index contributed by atoms with van der Waals surface area (Å²) in [6.07, 6.45) is 1.73. The summed E-state index contributed by atoms with van der Waals surface area (Å²) in [7, 11) is 1.82. The number of nitrogens with one attached hydrogen (secondary N) is 1. The minimum atomic E-state index is 0.676. The van der Waals surface area contributed by atoms with Crippen molar-refractivity contribution < 1.29 is 0 Å². The Hall–Kier alpha value is -1.49. The van der Waals surface area contributed by atoms with Crippen LogP contribution in [-0.4, -0.2) is 21.4 Å². The highest BCUT2D eigenvalue weighted by Crippen LogP contribution is 2.17. The Kier molecular flexibility index (Phi) is 2.18. The van der Waals surface area contributed by atoms with Crippen LogP contribution in [0.4, 0.5) is 5.13 Å². The van der Waals surface area contributed by atoms with E-state index in [0.29, 0.717) is 5.82 Å². The zero-order valence-corrected chi connectivity index (χ0v) is 7.88. The monoisotopic (exact) mass is 192 g/mol. The molecule has 0 aliphatic heterocycles. The minimum absolute atomic E-state index is 0.676. The lowest BCUT2D eigenvalue weighted by Gasteiger charge is -1.91. The van der Waals surface area contributed by atoms with Crippen LogP contribution in [0.1, 0.15) is 0 Å². The second kappa shape index (κ2) is 3.49. The Morgan fingerprint density at radius 3 is 2.92 bits per heavy atom. The summed E-state index contributed by atoms with van der Waals surface area (Å²) in [6.45, 7) is 0. The van der Waals surface area contributed by atoms with E-state index in [4.69, 9.17) is 0 Å². The first kappa shape index (κ1) is 8.12. The maximum Gasteiger partial charge on any atom is 0.202 e. The van der Waals surface area contributed by atoms with Crippen molar-refractivity contribution in [1.82, 2.24) is 14.3 Å². The third-order valence-corrected chi connectivity index (χ3v) is 2.27. The SMILES string of the molecule is CNc1nc(-c2ccccn2)ns1. The molecule has 0 saturated carbocycles. The molecule has 0 aromatic carbocycles. The molecule has 2 heterocycles. The maximum atomic E-state index is 4.23. The summed E-state index contributed by atoms with van der Waals surface area (Å²) in [5.41, 5.74) is 0.806. The number of pyridine rings is 1. The molecule has 5 heteroatoms. The van der Waals surface area contributed by atoms with Crippen molar-refractivity contribution in [3.63, 3.8) is 0 Å². The fourth-order valence-electron chi connectivity index (χ4n) is 0.924. The van der Waals surface area contributed by atoms with Crippen LogP contribution in [0, 0.1) is 0 Å². The lowest BCUT2D eigenvalue weighted by Crippen LogP contribution is -1.87. The van der Waals surface area contributed by atoms with Crippen molar-refractivity contribution >= 4 is 16.7 Å². The molecule has 0 atom stereocenters. The van der Waals surface area contributed by atoms with Crippen LogP contribution in [0.2, 0.25) is 0 Å². The molecule has 2 aromatic rings. The molecule has 0 bridgehead atoms. The summed E-state index contributed by atoms with van der Waals surface area (Å²) < 4.78 is 4.16. The number of nitrogens with zero attached hydrogens (tertiary/aromatic N) is 3. The molecule has 0 aliphatic rings. The Labute approximate surface area is 79.8 Å². The molecule has 2 rings (SSSR count). The number of hydrogen-bond acceptors (Lipinski definition) is 5. The summed E-state index contributed by atoms with van der Waals surface area (Å²) in [5, 5.41) is 3.74. The van der Waals surface area contributed by atoms with E-state index in [1.807, 2.05) is 25.2 Å². The second-order valence-corrected chi connectivity index (χ2v) is 3.14. The summed E-state index contributed by atoms with van der Waals surface area (Å²) in [6, 6.07) is 5.68. The number of rotatable bonds is 2. The molecule has 0 radical (unpaired) electrons. The third-order valence-electron chi connectivity index (χ3n) is 1.53. The van der Waals surface area contributed by atoms with E-state index in [9.17, 15) is 0 Å². The largest absolute Gasteiger partial charge is 0.363 e. The third kappa shape index (κ3) is 1.65. The molecule has 13 heavy (non-hydrogen) atoms. The summed E-state index contributed by atoms with van der Waals surface area (Å²) in [5.74, 6) is 0.676. The maximum absolute atomic E-state index is 4.23. The first-order valence-electron chi connectivity index (χ1n) is 3.83. The van der Waals surface area contributed by atoms with Crippen molar-refractivity contribution in [2.75, 3.05) is 12.4 Å². The zero-order valence-electron chi connectivity index (χ0n) is 7.06. The number of anilines is 1. The van der Waals surface area contributed by atoms with Gasteiger partial charge in [0, 0.05) is 24.8 Å². The smallest absolute Gasteiger partial charge is 0.202 e. The molecule has 0 unspecified atom stereocenters. The summed E-state index contributed by atoms with van der Waals surface area (Å²) in [4.78, 5) is 8.38. The predicted molar refractivity (Wildman–Crippen MR) is 52.7 cm³/mol. The second-order valence-electron chi connectivity index (χ2n) is 2.39. The highest BCUT2D eigenvalue weighted by atomic mass is 32.1. The Balaban J connectivity index is 2.36. The predicted octanol–water partition coefficient (Wildman–Crippen LogP) is 1.64. The fourth-order valence-corrected chi connectivity index (χ4v) is 1.45. The normalized spacial score (nSPS) is 9.92. The quantitative estimate of drug-likeness (QED) is 0.786. The first-order valence-corrected chi connectivity index (χ1v) is 4.60. The highest BCUT2D eigenvalue weighted by molar-refractivity contribution is 7.09. The van der Waals surface area contributed by atoms with Gasteiger partial charge in [0.05, 0.1) is 0 Å². The number of aromatic nitrogens is 3. The minimum Gasteiger partial charge on any atom is -0.363 e. The molecule has 0 fully saturated rings. The van der Waals surface area contributed by atoms with Gasteiger partial charge in [0.1, 0.15) is 5.69 Å². The molecule has 1 N–H and O–H groups in total. The molecular formula is C8H8N4S. The van der Waals surface area contributed by atoms with Gasteiger partial charge in [-0.15, -0.1) is 0 Å². The van der Waals surface area contributed by atoms with Crippen LogP contribution in [0.25, 0.3) is 11.5 Å². The standard InChI is InChI=1S/C8H8N4S/c1-9-8-11-7(12-13-8)6-4-2-3-5-10-6/h2-5H,1H3,(H,9,11,12). The topological polar surface area (TPSA) is 50.7 Å². The lowest BCUT2D eigenvalue weighted by atomic mass is 10.3. The van der Waals surface area contributed by atoms with Gasteiger partial charge in [-0.05, 0) is 12.1 Å². The van der Waals surface area contributed by atoms with E-state index >= 15 is 0 Å². The van der Waals surface area contributed by atoms with Crippen molar-refractivity contribution in [1.29, 1.82) is 0 Å². The van der Waals surface area contributed by atoms with E-state index in [1.54, 1.807) is 6.20 Å². The molecule has 0 saturated heterocycles. The van der Waals surface area contributed by atoms with Crippen LogP contribution in [0.5, 0.6) is 0 Å². The average molecular weight is 192 g/mol. The van der Waals surface area contributed by atoms with Crippen molar-refractivity contribution in [2.24, 2.45) is 0 Å². The van der Waals surface area contributed by atoms with E-state index < -0.39 is 0 Å². The molecule has 4 nitrogen and oxygen atoms in total. The van der Waals surface area contributed by atoms with Gasteiger partial charge in [-0.3, -0.25) is 4.98 Å². The fraction of sp³-hybridized carbons (Fsp3) is 0.125. The molecule has 66 valence electrons. The van der Waals surface area contributed by atoms with Crippen LogP contribution in [0.3, 0.4) is 0 Å². The van der Waals surface area contributed by atoms with Gasteiger partial charge in [0.25, 0.3) is 0 Å². The van der Waals surface area contributed by atoms with Crippen LogP contribution in [0.15, 0.2) is 24.4 Å². The highest BCUT2D eigenvalue weighted by Gasteiger charge is 2.04. The van der Waals surface area contributed by atoms with Crippen LogP contribution >= 0.6 is 11.5 Å². The van der Waals surface area contributed by atoms with Gasteiger partial charge in [0.2, 0.25) is 5.13 Å². The Morgan fingerprint density at radius 2 is 2.31 bits per heavy atom. The summed E-state index contributed by atoms with van der Waals surface area (Å²) >= 11 is 1.33. The van der Waals surface area contributed by atoms with Crippen LogP contribution in [-0.2, 0) is 0 Å². The molecule has 2 aromatic heterocycles. The van der Waals surface area contributed by atoms with Gasteiger partial charge in [-0.1, -0.05) is 6.07 Å². The van der Waals surface area contributed by atoms with Gasteiger partial charge in [-0.2, -0.15) is 9.36 Å². The van der Waals surface area contributed by atoms with Crippen molar-refractivity contribution in [3.05, 3.63) is 24.4 Å². The van der Waals surface area contributed by atoms with E-state index in [-0.39, 0.29) is 0 Å². The zero-order chi connectivity index (χ0) is 9.10. The van der Waals surface area contributed by atoms with E-state index in [2.05, 4.69) is 19.7 Å². The van der Waals surface area contributed by atoms with Crippen LogP contribution < -0.4 is 5.32 Å². The Bertz CT molecular complexity index is 384. The molecule has 0 aliphatic carbocycles. The number of hydrogen-bond donors (Lipinski definition) is 1. The van der Waals surface area contributed by atoms with E-state index in [1.165, 1.54) is 11.5 Å². The van der Waals surface area contributed by atoms with Crippen molar-refractivity contribution in [2.45, 2.75) is 0 Å². The first-order chi connectivity index (χ1) is 6.40. The van der Waals surface area contributed by atoms with Gasteiger partial charge >= 0.3 is 0 Å². The molecular weight excluding hydrogens is 184 g/mol. The molecule has 0 amide bonds. The van der Waals surface area contributed by atoms with Crippen molar-refractivity contribution in [3.8, 4) is 11.5 Å². The lowest BCUT2D eigenvalue weighted by molar-refractivity contribution is 1.23. The van der Waals surface area contributed by atoms with Gasteiger partial charge < -0.3 is 5.32 Å². The Morgan fingerprint density at radius 1 is 1.38 bits per heavy atom. The molecule has 0 spiro atoms. The van der Waals surface area contributed by atoms with E-state index in [0.717, 1.165) is 10.8 Å². The average Bonchev–Trinajstić information content (AvgIpc) is 2.67.